The molecular weight excluding hydrogens is 224 g/mol. The number of nitrogens with one attached hydrogen (secondary N) is 1. The van der Waals surface area contributed by atoms with E-state index in [0.717, 1.165) is 32.2 Å². The Morgan fingerprint density at radius 1 is 1.17 bits per heavy atom. The zero-order valence-corrected chi connectivity index (χ0v) is 12.4. The SMILES string of the molecule is CC(C)(C)CC1CCC(CN2CCNCC2)OC1. The molecule has 106 valence electrons. The molecular formula is C15H30N2O. The Balaban J connectivity index is 1.66. The molecule has 0 amide bonds. The average molecular weight is 254 g/mol. The fraction of sp³-hybridized carbons (Fsp3) is 1.00. The first-order chi connectivity index (χ1) is 8.53. The first-order valence-electron chi connectivity index (χ1n) is 7.57. The van der Waals surface area contributed by atoms with E-state index < -0.39 is 0 Å². The second kappa shape index (κ2) is 6.36. The maximum absolute atomic E-state index is 6.08. The molecule has 0 bridgehead atoms. The molecule has 0 aromatic carbocycles. The molecule has 0 saturated carbocycles. The highest BCUT2D eigenvalue weighted by Gasteiger charge is 2.26. The van der Waals surface area contributed by atoms with Gasteiger partial charge in [0.2, 0.25) is 0 Å². The van der Waals surface area contributed by atoms with Crippen LogP contribution in [0.2, 0.25) is 0 Å². The predicted octanol–water partition coefficient (Wildman–Crippen LogP) is 2.12. The van der Waals surface area contributed by atoms with Gasteiger partial charge in [0.1, 0.15) is 0 Å². The number of ether oxygens (including phenoxy) is 1. The van der Waals surface area contributed by atoms with E-state index in [9.17, 15) is 0 Å². The summed E-state index contributed by atoms with van der Waals surface area (Å²) in [5, 5.41) is 3.40. The Kier molecular flexibility index (Phi) is 5.05. The van der Waals surface area contributed by atoms with Gasteiger partial charge in [-0.05, 0) is 30.6 Å². The van der Waals surface area contributed by atoms with Gasteiger partial charge in [0.25, 0.3) is 0 Å². The standard InChI is InChI=1S/C15H30N2O/c1-15(2,3)10-13-4-5-14(18-12-13)11-17-8-6-16-7-9-17/h13-14,16H,4-12H2,1-3H3. The van der Waals surface area contributed by atoms with Crippen LogP contribution in [0.4, 0.5) is 0 Å². The van der Waals surface area contributed by atoms with E-state index in [1.807, 2.05) is 0 Å². The molecule has 2 rings (SSSR count). The van der Waals surface area contributed by atoms with Crippen LogP contribution in [0.25, 0.3) is 0 Å². The predicted molar refractivity (Wildman–Crippen MR) is 75.8 cm³/mol. The maximum Gasteiger partial charge on any atom is 0.0702 e. The van der Waals surface area contributed by atoms with E-state index in [4.69, 9.17) is 4.74 Å². The van der Waals surface area contributed by atoms with Crippen molar-refractivity contribution in [2.75, 3.05) is 39.3 Å². The molecule has 0 aromatic heterocycles. The number of piperazine rings is 1. The monoisotopic (exact) mass is 254 g/mol. The van der Waals surface area contributed by atoms with Gasteiger partial charge in [0, 0.05) is 39.3 Å². The summed E-state index contributed by atoms with van der Waals surface area (Å²) in [6.07, 6.45) is 4.39. The van der Waals surface area contributed by atoms with Crippen molar-refractivity contribution in [2.45, 2.75) is 46.1 Å². The average Bonchev–Trinajstić information content (AvgIpc) is 2.31. The molecule has 0 spiro atoms. The quantitative estimate of drug-likeness (QED) is 0.835. The maximum atomic E-state index is 6.08. The van der Waals surface area contributed by atoms with E-state index in [0.29, 0.717) is 11.5 Å². The van der Waals surface area contributed by atoms with Gasteiger partial charge in [-0.25, -0.2) is 0 Å². The minimum absolute atomic E-state index is 0.444. The number of rotatable bonds is 3. The molecule has 1 N–H and O–H groups in total. The summed E-state index contributed by atoms with van der Waals surface area (Å²) in [5.41, 5.74) is 0.444. The summed E-state index contributed by atoms with van der Waals surface area (Å²) in [6.45, 7) is 13.8. The van der Waals surface area contributed by atoms with Gasteiger partial charge in [0.05, 0.1) is 6.10 Å². The molecule has 2 fully saturated rings. The minimum Gasteiger partial charge on any atom is -0.377 e. The van der Waals surface area contributed by atoms with Crippen LogP contribution in [0, 0.1) is 11.3 Å². The Labute approximate surface area is 112 Å². The van der Waals surface area contributed by atoms with Crippen molar-refractivity contribution >= 4 is 0 Å². The molecule has 0 radical (unpaired) electrons. The van der Waals surface area contributed by atoms with Gasteiger partial charge < -0.3 is 10.1 Å². The van der Waals surface area contributed by atoms with E-state index in [1.54, 1.807) is 0 Å². The minimum atomic E-state index is 0.444. The topological polar surface area (TPSA) is 24.5 Å². The van der Waals surface area contributed by atoms with E-state index in [2.05, 4.69) is 31.0 Å². The van der Waals surface area contributed by atoms with Crippen molar-refractivity contribution in [3.8, 4) is 0 Å². The lowest BCUT2D eigenvalue weighted by Crippen LogP contribution is -2.47. The third kappa shape index (κ3) is 4.87. The molecule has 2 saturated heterocycles. The van der Waals surface area contributed by atoms with Crippen molar-refractivity contribution in [1.29, 1.82) is 0 Å². The first kappa shape index (κ1) is 14.3. The molecule has 3 nitrogen and oxygen atoms in total. The van der Waals surface area contributed by atoms with Crippen LogP contribution in [0.3, 0.4) is 0 Å². The summed E-state index contributed by atoms with van der Waals surface area (Å²) in [7, 11) is 0. The Morgan fingerprint density at radius 3 is 2.44 bits per heavy atom. The molecule has 18 heavy (non-hydrogen) atoms. The summed E-state index contributed by atoms with van der Waals surface area (Å²) in [6, 6.07) is 0. The molecule has 3 heteroatoms. The van der Waals surface area contributed by atoms with E-state index in [1.165, 1.54) is 32.4 Å². The molecule has 2 aliphatic heterocycles. The smallest absolute Gasteiger partial charge is 0.0702 e. The van der Waals surface area contributed by atoms with Gasteiger partial charge in [-0.15, -0.1) is 0 Å². The normalized spacial score (nSPS) is 31.5. The fourth-order valence-electron chi connectivity index (χ4n) is 3.21. The van der Waals surface area contributed by atoms with Gasteiger partial charge in [-0.1, -0.05) is 20.8 Å². The Bertz CT molecular complexity index is 235. The third-order valence-corrected chi connectivity index (χ3v) is 4.04. The second-order valence-corrected chi connectivity index (χ2v) is 7.21. The molecule has 2 atom stereocenters. The number of hydrogen-bond acceptors (Lipinski definition) is 3. The van der Waals surface area contributed by atoms with Crippen LogP contribution in [0.1, 0.15) is 40.0 Å². The van der Waals surface area contributed by atoms with Crippen LogP contribution in [-0.2, 0) is 4.74 Å². The zero-order valence-electron chi connectivity index (χ0n) is 12.4. The van der Waals surface area contributed by atoms with Crippen LogP contribution < -0.4 is 5.32 Å². The Hall–Kier alpha value is -0.120. The van der Waals surface area contributed by atoms with E-state index in [-0.39, 0.29) is 0 Å². The third-order valence-electron chi connectivity index (χ3n) is 4.04. The zero-order chi connectivity index (χ0) is 13.0. The summed E-state index contributed by atoms with van der Waals surface area (Å²) in [5.74, 6) is 0.782. The Morgan fingerprint density at radius 2 is 1.89 bits per heavy atom. The molecule has 2 heterocycles. The summed E-state index contributed by atoms with van der Waals surface area (Å²) < 4.78 is 6.08. The van der Waals surface area contributed by atoms with Crippen molar-refractivity contribution in [3.05, 3.63) is 0 Å². The van der Waals surface area contributed by atoms with Crippen LogP contribution in [0.15, 0.2) is 0 Å². The highest BCUT2D eigenvalue weighted by Crippen LogP contribution is 2.31. The molecule has 0 aliphatic carbocycles. The highest BCUT2D eigenvalue weighted by atomic mass is 16.5. The van der Waals surface area contributed by atoms with Gasteiger partial charge in [-0.3, -0.25) is 4.90 Å². The first-order valence-corrected chi connectivity index (χ1v) is 7.57. The lowest BCUT2D eigenvalue weighted by atomic mass is 9.82. The highest BCUT2D eigenvalue weighted by molar-refractivity contribution is 4.78. The van der Waals surface area contributed by atoms with Crippen LogP contribution in [0.5, 0.6) is 0 Å². The van der Waals surface area contributed by atoms with Crippen molar-refractivity contribution in [1.82, 2.24) is 10.2 Å². The fourth-order valence-corrected chi connectivity index (χ4v) is 3.21. The number of nitrogens with zero attached hydrogens (tertiary/aromatic N) is 1. The largest absolute Gasteiger partial charge is 0.377 e. The lowest BCUT2D eigenvalue weighted by molar-refractivity contribution is -0.0416. The number of hydrogen-bond donors (Lipinski definition) is 1. The van der Waals surface area contributed by atoms with Crippen molar-refractivity contribution in [3.63, 3.8) is 0 Å². The summed E-state index contributed by atoms with van der Waals surface area (Å²) >= 11 is 0. The lowest BCUT2D eigenvalue weighted by Gasteiger charge is -2.36. The van der Waals surface area contributed by atoms with Gasteiger partial charge in [-0.2, -0.15) is 0 Å². The van der Waals surface area contributed by atoms with Crippen LogP contribution in [-0.4, -0.2) is 50.3 Å². The molecule has 2 aliphatic rings. The van der Waals surface area contributed by atoms with Crippen LogP contribution >= 0.6 is 0 Å². The van der Waals surface area contributed by atoms with Crippen molar-refractivity contribution < 1.29 is 4.74 Å². The van der Waals surface area contributed by atoms with Crippen molar-refractivity contribution in [2.24, 2.45) is 11.3 Å². The molecule has 0 aromatic rings. The van der Waals surface area contributed by atoms with Gasteiger partial charge >= 0.3 is 0 Å². The van der Waals surface area contributed by atoms with Gasteiger partial charge in [0.15, 0.2) is 0 Å². The van der Waals surface area contributed by atoms with E-state index >= 15 is 0 Å². The summed E-state index contributed by atoms with van der Waals surface area (Å²) in [4.78, 5) is 2.55. The second-order valence-electron chi connectivity index (χ2n) is 7.21. The molecule has 2 unspecified atom stereocenters.